The van der Waals surface area contributed by atoms with Gasteiger partial charge < -0.3 is 11.1 Å². The van der Waals surface area contributed by atoms with Crippen molar-refractivity contribution in [1.82, 2.24) is 5.32 Å². The Morgan fingerprint density at radius 2 is 1.89 bits per heavy atom. The zero-order valence-electron chi connectivity index (χ0n) is 10.6. The van der Waals surface area contributed by atoms with Gasteiger partial charge >= 0.3 is 6.18 Å². The zero-order chi connectivity index (χ0) is 14.5. The van der Waals surface area contributed by atoms with Gasteiger partial charge in [-0.3, -0.25) is 4.79 Å². The molecule has 0 heterocycles. The van der Waals surface area contributed by atoms with Gasteiger partial charge in [0.2, 0.25) is 5.91 Å². The Balaban J connectivity index is 2.53. The topological polar surface area (TPSA) is 55.1 Å². The first-order valence-electron chi connectivity index (χ1n) is 6.04. The number of carbonyl (C=O) groups is 1. The molecular formula is C13H17F3N2O. The van der Waals surface area contributed by atoms with Crippen molar-refractivity contribution in [3.63, 3.8) is 0 Å². The second-order valence-corrected chi connectivity index (χ2v) is 4.31. The first-order chi connectivity index (χ1) is 8.84. The van der Waals surface area contributed by atoms with E-state index in [4.69, 9.17) is 5.73 Å². The second-order valence-electron chi connectivity index (χ2n) is 4.31. The molecule has 0 unspecified atom stereocenters. The molecule has 0 radical (unpaired) electrons. The van der Waals surface area contributed by atoms with Crippen LogP contribution in [0.4, 0.5) is 13.2 Å². The van der Waals surface area contributed by atoms with Crippen LogP contribution >= 0.6 is 0 Å². The normalized spacial score (nSPS) is 13.1. The summed E-state index contributed by atoms with van der Waals surface area (Å²) in [4.78, 5) is 11.5. The average molecular weight is 274 g/mol. The van der Waals surface area contributed by atoms with Crippen molar-refractivity contribution in [3.8, 4) is 0 Å². The Kier molecular flexibility index (Phi) is 5.35. The van der Waals surface area contributed by atoms with Gasteiger partial charge in [0.1, 0.15) is 0 Å². The van der Waals surface area contributed by atoms with E-state index in [1.54, 1.807) is 0 Å². The van der Waals surface area contributed by atoms with Crippen LogP contribution in [0.25, 0.3) is 0 Å². The lowest BCUT2D eigenvalue weighted by Gasteiger charge is -2.12. The Hall–Kier alpha value is -1.56. The first kappa shape index (κ1) is 15.5. The third kappa shape index (κ3) is 4.90. The van der Waals surface area contributed by atoms with Crippen molar-refractivity contribution in [2.45, 2.75) is 38.5 Å². The van der Waals surface area contributed by atoms with Gasteiger partial charge in [0.15, 0.2) is 0 Å². The highest BCUT2D eigenvalue weighted by molar-refractivity contribution is 5.81. The molecule has 0 bridgehead atoms. The van der Waals surface area contributed by atoms with E-state index in [1.807, 2.05) is 6.92 Å². The highest BCUT2D eigenvalue weighted by Crippen LogP contribution is 2.28. The number of halogens is 3. The number of rotatable bonds is 5. The molecule has 0 aliphatic heterocycles. The summed E-state index contributed by atoms with van der Waals surface area (Å²) in [5.74, 6) is -0.290. The summed E-state index contributed by atoms with van der Waals surface area (Å²) in [6.45, 7) is 2.09. The van der Waals surface area contributed by atoms with Crippen LogP contribution in [0.3, 0.4) is 0 Å². The molecule has 3 nitrogen and oxygen atoms in total. The molecular weight excluding hydrogens is 257 g/mol. The van der Waals surface area contributed by atoms with Crippen LogP contribution in [-0.4, -0.2) is 11.9 Å². The van der Waals surface area contributed by atoms with Gasteiger partial charge in [0.25, 0.3) is 0 Å². The molecule has 1 amide bonds. The minimum absolute atomic E-state index is 0.175. The van der Waals surface area contributed by atoms with Gasteiger partial charge in [0.05, 0.1) is 11.6 Å². The SMILES string of the molecule is CCC[C@H](N)C(=O)NCc1ccc(C(F)(F)F)cc1. The van der Waals surface area contributed by atoms with E-state index in [1.165, 1.54) is 12.1 Å². The fraction of sp³-hybridized carbons (Fsp3) is 0.462. The van der Waals surface area contributed by atoms with Gasteiger partial charge in [-0.1, -0.05) is 25.5 Å². The van der Waals surface area contributed by atoms with Gasteiger partial charge in [-0.05, 0) is 24.1 Å². The zero-order valence-corrected chi connectivity index (χ0v) is 10.6. The minimum Gasteiger partial charge on any atom is -0.351 e. The highest BCUT2D eigenvalue weighted by atomic mass is 19.4. The van der Waals surface area contributed by atoms with Crippen LogP contribution in [0.1, 0.15) is 30.9 Å². The molecule has 6 heteroatoms. The van der Waals surface area contributed by atoms with Crippen molar-refractivity contribution in [3.05, 3.63) is 35.4 Å². The van der Waals surface area contributed by atoms with E-state index in [-0.39, 0.29) is 12.5 Å². The third-order valence-electron chi connectivity index (χ3n) is 2.68. The van der Waals surface area contributed by atoms with Gasteiger partial charge in [-0.15, -0.1) is 0 Å². The summed E-state index contributed by atoms with van der Waals surface area (Å²) in [5.41, 5.74) is 5.51. The van der Waals surface area contributed by atoms with Crippen LogP contribution < -0.4 is 11.1 Å². The molecule has 1 atom stereocenters. The lowest BCUT2D eigenvalue weighted by Crippen LogP contribution is -2.40. The minimum atomic E-state index is -4.34. The molecule has 1 rings (SSSR count). The summed E-state index contributed by atoms with van der Waals surface area (Å²) in [6, 6.07) is 4.10. The summed E-state index contributed by atoms with van der Waals surface area (Å²) in [5, 5.41) is 2.60. The molecule has 0 spiro atoms. The quantitative estimate of drug-likeness (QED) is 0.866. The number of carbonyl (C=O) groups excluding carboxylic acids is 1. The number of benzene rings is 1. The molecule has 0 aliphatic carbocycles. The van der Waals surface area contributed by atoms with Crippen LogP contribution in [0.2, 0.25) is 0 Å². The fourth-order valence-corrected chi connectivity index (χ4v) is 1.57. The average Bonchev–Trinajstić information content (AvgIpc) is 2.35. The molecule has 1 aromatic rings. The highest BCUT2D eigenvalue weighted by Gasteiger charge is 2.29. The van der Waals surface area contributed by atoms with E-state index in [0.717, 1.165) is 18.6 Å². The maximum Gasteiger partial charge on any atom is 0.416 e. The van der Waals surface area contributed by atoms with Crippen molar-refractivity contribution >= 4 is 5.91 Å². The third-order valence-corrected chi connectivity index (χ3v) is 2.68. The Labute approximate surface area is 110 Å². The van der Waals surface area contributed by atoms with E-state index in [9.17, 15) is 18.0 Å². The van der Waals surface area contributed by atoms with E-state index in [0.29, 0.717) is 12.0 Å². The number of alkyl halides is 3. The summed E-state index contributed by atoms with van der Waals surface area (Å²) < 4.78 is 37.0. The van der Waals surface area contributed by atoms with Crippen LogP contribution in [-0.2, 0) is 17.5 Å². The molecule has 3 N–H and O–H groups in total. The van der Waals surface area contributed by atoms with Crippen molar-refractivity contribution < 1.29 is 18.0 Å². The number of hydrogen-bond acceptors (Lipinski definition) is 2. The molecule has 0 aromatic heterocycles. The predicted molar refractivity (Wildman–Crippen MR) is 66.2 cm³/mol. The number of amides is 1. The summed E-state index contributed by atoms with van der Waals surface area (Å²) in [7, 11) is 0. The lowest BCUT2D eigenvalue weighted by molar-refractivity contribution is -0.137. The number of nitrogens with two attached hydrogens (primary N) is 1. The second kappa shape index (κ2) is 6.56. The Morgan fingerprint density at radius 3 is 2.37 bits per heavy atom. The largest absolute Gasteiger partial charge is 0.416 e. The Morgan fingerprint density at radius 1 is 1.32 bits per heavy atom. The number of nitrogens with one attached hydrogen (secondary N) is 1. The van der Waals surface area contributed by atoms with Crippen LogP contribution in [0.15, 0.2) is 24.3 Å². The van der Waals surface area contributed by atoms with Gasteiger partial charge in [-0.25, -0.2) is 0 Å². The van der Waals surface area contributed by atoms with Crippen LogP contribution in [0, 0.1) is 0 Å². The van der Waals surface area contributed by atoms with Crippen molar-refractivity contribution in [1.29, 1.82) is 0 Å². The van der Waals surface area contributed by atoms with Gasteiger partial charge in [0, 0.05) is 6.54 Å². The monoisotopic (exact) mass is 274 g/mol. The van der Waals surface area contributed by atoms with Crippen molar-refractivity contribution in [2.75, 3.05) is 0 Å². The molecule has 0 saturated heterocycles. The molecule has 0 aliphatic rings. The van der Waals surface area contributed by atoms with Crippen LogP contribution in [0.5, 0.6) is 0 Å². The summed E-state index contributed by atoms with van der Waals surface area (Å²) >= 11 is 0. The maximum atomic E-state index is 12.3. The van der Waals surface area contributed by atoms with E-state index in [2.05, 4.69) is 5.32 Å². The molecule has 106 valence electrons. The molecule has 0 saturated carbocycles. The Bertz CT molecular complexity index is 415. The van der Waals surface area contributed by atoms with Gasteiger partial charge in [-0.2, -0.15) is 13.2 Å². The standard InChI is InChI=1S/C13H17F3N2O/c1-2-3-11(17)12(19)18-8-9-4-6-10(7-5-9)13(14,15)16/h4-7,11H,2-3,8,17H2,1H3,(H,18,19)/t11-/m0/s1. The van der Waals surface area contributed by atoms with Crippen molar-refractivity contribution in [2.24, 2.45) is 5.73 Å². The van der Waals surface area contributed by atoms with E-state index >= 15 is 0 Å². The maximum absolute atomic E-state index is 12.3. The molecule has 0 fully saturated rings. The predicted octanol–water partition coefficient (Wildman–Crippen LogP) is 2.45. The molecule has 1 aromatic carbocycles. The number of hydrogen-bond donors (Lipinski definition) is 2. The van der Waals surface area contributed by atoms with E-state index < -0.39 is 17.8 Å². The summed E-state index contributed by atoms with van der Waals surface area (Å²) in [6.07, 6.45) is -2.96. The smallest absolute Gasteiger partial charge is 0.351 e. The first-order valence-corrected chi connectivity index (χ1v) is 6.04. The molecule has 19 heavy (non-hydrogen) atoms. The fourth-order valence-electron chi connectivity index (χ4n) is 1.57. The lowest BCUT2D eigenvalue weighted by atomic mass is 10.1.